The lowest BCUT2D eigenvalue weighted by Crippen LogP contribution is -2.36. The van der Waals surface area contributed by atoms with Crippen molar-refractivity contribution in [2.75, 3.05) is 13.1 Å². The van der Waals surface area contributed by atoms with Gasteiger partial charge in [0.05, 0.1) is 0 Å². The van der Waals surface area contributed by atoms with Gasteiger partial charge in [0.2, 0.25) is 0 Å². The minimum Gasteiger partial charge on any atom is -0.444 e. The SMILES string of the molecule is CC(C)(C)OC(=O)NCC1CNC2CC12. The zero-order valence-corrected chi connectivity index (χ0v) is 9.67. The molecule has 2 fully saturated rings. The van der Waals surface area contributed by atoms with Crippen LogP contribution in [0.1, 0.15) is 27.2 Å². The van der Waals surface area contributed by atoms with Crippen molar-refractivity contribution in [3.05, 3.63) is 0 Å². The molecule has 1 aliphatic carbocycles. The van der Waals surface area contributed by atoms with Crippen LogP contribution in [0.3, 0.4) is 0 Å². The van der Waals surface area contributed by atoms with E-state index in [1.54, 1.807) is 0 Å². The monoisotopic (exact) mass is 212 g/mol. The molecule has 0 spiro atoms. The average molecular weight is 212 g/mol. The summed E-state index contributed by atoms with van der Waals surface area (Å²) < 4.78 is 5.18. The molecule has 86 valence electrons. The minimum absolute atomic E-state index is 0.299. The average Bonchev–Trinajstić information content (AvgIpc) is 2.74. The van der Waals surface area contributed by atoms with E-state index in [1.165, 1.54) is 6.42 Å². The Morgan fingerprint density at radius 1 is 1.53 bits per heavy atom. The largest absolute Gasteiger partial charge is 0.444 e. The van der Waals surface area contributed by atoms with Crippen LogP contribution in [0.2, 0.25) is 0 Å². The molecule has 0 aromatic heterocycles. The Morgan fingerprint density at radius 2 is 2.27 bits per heavy atom. The Morgan fingerprint density at radius 3 is 2.73 bits per heavy atom. The fraction of sp³-hybridized carbons (Fsp3) is 0.909. The molecular formula is C11H20N2O2. The van der Waals surface area contributed by atoms with Crippen molar-refractivity contribution >= 4 is 6.09 Å². The third-order valence-corrected chi connectivity index (χ3v) is 2.99. The smallest absolute Gasteiger partial charge is 0.407 e. The molecule has 15 heavy (non-hydrogen) atoms. The van der Waals surface area contributed by atoms with Crippen LogP contribution in [0, 0.1) is 11.8 Å². The van der Waals surface area contributed by atoms with E-state index in [9.17, 15) is 4.79 Å². The van der Waals surface area contributed by atoms with Crippen LogP contribution in [0.25, 0.3) is 0 Å². The lowest BCUT2D eigenvalue weighted by molar-refractivity contribution is 0.0519. The molecule has 3 unspecified atom stereocenters. The molecule has 1 amide bonds. The van der Waals surface area contributed by atoms with E-state index in [-0.39, 0.29) is 6.09 Å². The normalized spacial score (nSPS) is 33.4. The zero-order valence-electron chi connectivity index (χ0n) is 9.67. The van der Waals surface area contributed by atoms with Crippen LogP contribution in [0.4, 0.5) is 4.79 Å². The number of rotatable bonds is 2. The highest BCUT2D eigenvalue weighted by Crippen LogP contribution is 2.41. The molecular weight excluding hydrogens is 192 g/mol. The Balaban J connectivity index is 1.67. The standard InChI is InChI=1S/C11H20N2O2/c1-11(2,3)15-10(14)13-6-7-5-12-9-4-8(7)9/h7-9,12H,4-6H2,1-3H3,(H,13,14). The predicted molar refractivity (Wildman–Crippen MR) is 57.6 cm³/mol. The molecule has 0 aromatic carbocycles. The number of carbonyl (C=O) groups is 1. The van der Waals surface area contributed by atoms with Crippen molar-refractivity contribution in [1.82, 2.24) is 10.6 Å². The van der Waals surface area contributed by atoms with Crippen molar-refractivity contribution in [2.45, 2.75) is 38.8 Å². The number of alkyl carbamates (subject to hydrolysis) is 1. The van der Waals surface area contributed by atoms with Crippen molar-refractivity contribution in [1.29, 1.82) is 0 Å². The number of piperidine rings is 1. The van der Waals surface area contributed by atoms with Gasteiger partial charge in [0.15, 0.2) is 0 Å². The van der Waals surface area contributed by atoms with Crippen molar-refractivity contribution in [2.24, 2.45) is 11.8 Å². The molecule has 1 saturated heterocycles. The fourth-order valence-corrected chi connectivity index (χ4v) is 2.18. The maximum atomic E-state index is 11.4. The molecule has 1 aliphatic heterocycles. The molecule has 0 aromatic rings. The number of hydrogen-bond donors (Lipinski definition) is 2. The van der Waals surface area contributed by atoms with Gasteiger partial charge in [-0.1, -0.05) is 0 Å². The highest BCUT2D eigenvalue weighted by Gasteiger charge is 2.47. The Hall–Kier alpha value is -0.770. The number of carbonyl (C=O) groups excluding carboxylic acids is 1. The van der Waals surface area contributed by atoms with Gasteiger partial charge in [-0.25, -0.2) is 4.79 Å². The molecule has 3 atom stereocenters. The summed E-state index contributed by atoms with van der Waals surface area (Å²) in [5, 5.41) is 6.26. The molecule has 0 radical (unpaired) electrons. The summed E-state index contributed by atoms with van der Waals surface area (Å²) in [6.07, 6.45) is 0.979. The number of ether oxygens (including phenoxy) is 1. The van der Waals surface area contributed by atoms with Gasteiger partial charge >= 0.3 is 6.09 Å². The second-order valence-electron chi connectivity index (χ2n) is 5.56. The van der Waals surface area contributed by atoms with Gasteiger partial charge in [0.1, 0.15) is 5.60 Å². The highest BCUT2D eigenvalue weighted by molar-refractivity contribution is 5.67. The molecule has 0 bridgehead atoms. The second-order valence-corrected chi connectivity index (χ2v) is 5.56. The summed E-state index contributed by atoms with van der Waals surface area (Å²) in [7, 11) is 0. The Bertz CT molecular complexity index is 260. The third-order valence-electron chi connectivity index (χ3n) is 2.99. The Labute approximate surface area is 90.8 Å². The number of nitrogens with one attached hydrogen (secondary N) is 2. The summed E-state index contributed by atoms with van der Waals surface area (Å²) in [5.41, 5.74) is -0.403. The molecule has 4 heteroatoms. The second kappa shape index (κ2) is 3.67. The van der Waals surface area contributed by atoms with E-state index in [2.05, 4.69) is 10.6 Å². The fourth-order valence-electron chi connectivity index (χ4n) is 2.18. The molecule has 2 rings (SSSR count). The van der Waals surface area contributed by atoms with Gasteiger partial charge in [-0.3, -0.25) is 0 Å². The van der Waals surface area contributed by atoms with Crippen LogP contribution in [0.5, 0.6) is 0 Å². The zero-order chi connectivity index (χ0) is 11.1. The van der Waals surface area contributed by atoms with Gasteiger partial charge in [-0.05, 0) is 39.0 Å². The lowest BCUT2D eigenvalue weighted by Gasteiger charge is -2.20. The molecule has 2 N–H and O–H groups in total. The quantitative estimate of drug-likeness (QED) is 0.721. The van der Waals surface area contributed by atoms with E-state index in [0.717, 1.165) is 25.0 Å². The molecule has 1 heterocycles. The maximum absolute atomic E-state index is 11.4. The van der Waals surface area contributed by atoms with Crippen LogP contribution >= 0.6 is 0 Å². The summed E-state index contributed by atoms with van der Waals surface area (Å²) >= 11 is 0. The highest BCUT2D eigenvalue weighted by atomic mass is 16.6. The van der Waals surface area contributed by atoms with Crippen LogP contribution in [0.15, 0.2) is 0 Å². The van der Waals surface area contributed by atoms with Gasteiger partial charge in [-0.15, -0.1) is 0 Å². The molecule has 4 nitrogen and oxygen atoms in total. The summed E-state index contributed by atoms with van der Waals surface area (Å²) in [5.74, 6) is 1.39. The third kappa shape index (κ3) is 2.84. The first-order chi connectivity index (χ1) is 6.96. The van der Waals surface area contributed by atoms with Crippen LogP contribution in [-0.4, -0.2) is 30.8 Å². The summed E-state index contributed by atoms with van der Waals surface area (Å²) in [6.45, 7) is 7.40. The van der Waals surface area contributed by atoms with Crippen LogP contribution < -0.4 is 10.6 Å². The van der Waals surface area contributed by atoms with Crippen molar-refractivity contribution in [3.63, 3.8) is 0 Å². The van der Waals surface area contributed by atoms with Gasteiger partial charge in [-0.2, -0.15) is 0 Å². The summed E-state index contributed by atoms with van der Waals surface area (Å²) in [6, 6.07) is 0.732. The van der Waals surface area contributed by atoms with Gasteiger partial charge < -0.3 is 15.4 Å². The van der Waals surface area contributed by atoms with Crippen molar-refractivity contribution < 1.29 is 9.53 Å². The topological polar surface area (TPSA) is 50.4 Å². The first kappa shape index (κ1) is 10.7. The first-order valence-electron chi connectivity index (χ1n) is 5.66. The van der Waals surface area contributed by atoms with E-state index in [4.69, 9.17) is 4.74 Å². The van der Waals surface area contributed by atoms with E-state index in [0.29, 0.717) is 5.92 Å². The predicted octanol–water partition coefficient (Wildman–Crippen LogP) is 1.12. The number of fused-ring (bicyclic) bond motifs is 1. The Kier molecular flexibility index (Phi) is 2.63. The van der Waals surface area contributed by atoms with E-state index >= 15 is 0 Å². The molecule has 1 saturated carbocycles. The maximum Gasteiger partial charge on any atom is 0.407 e. The van der Waals surface area contributed by atoms with Gasteiger partial charge in [0.25, 0.3) is 0 Å². The van der Waals surface area contributed by atoms with Crippen LogP contribution in [-0.2, 0) is 4.74 Å². The van der Waals surface area contributed by atoms with E-state index < -0.39 is 5.60 Å². The van der Waals surface area contributed by atoms with Gasteiger partial charge in [0, 0.05) is 19.1 Å². The first-order valence-corrected chi connectivity index (χ1v) is 5.66. The summed E-state index contributed by atoms with van der Waals surface area (Å²) in [4.78, 5) is 11.4. The van der Waals surface area contributed by atoms with E-state index in [1.807, 2.05) is 20.8 Å². The number of hydrogen-bond acceptors (Lipinski definition) is 3. The lowest BCUT2D eigenvalue weighted by atomic mass is 10.1. The number of amides is 1. The minimum atomic E-state index is -0.403. The van der Waals surface area contributed by atoms with Crippen molar-refractivity contribution in [3.8, 4) is 0 Å². The molecule has 2 aliphatic rings.